The minimum atomic E-state index is 0.432. The van der Waals surface area contributed by atoms with Gasteiger partial charge in [0.25, 0.3) is 0 Å². The molecule has 0 fully saturated rings. The van der Waals surface area contributed by atoms with Crippen LogP contribution in [0.1, 0.15) is 18.3 Å². The summed E-state index contributed by atoms with van der Waals surface area (Å²) in [6, 6.07) is 0. The highest BCUT2D eigenvalue weighted by Crippen LogP contribution is 2.05. The zero-order chi connectivity index (χ0) is 8.97. The zero-order valence-corrected chi connectivity index (χ0v) is 7.37. The molecule has 0 unspecified atom stereocenters. The molecule has 4 nitrogen and oxygen atoms in total. The van der Waals surface area contributed by atoms with Gasteiger partial charge in [0.15, 0.2) is 5.82 Å². The molecule has 1 rings (SSSR count). The normalized spacial score (nSPS) is 10.2. The van der Waals surface area contributed by atoms with Gasteiger partial charge in [-0.2, -0.15) is 0 Å². The SMILES string of the molecule is CCOCc1ncc(C)c(N)n1. The third-order valence-electron chi connectivity index (χ3n) is 1.50. The van der Waals surface area contributed by atoms with Crippen LogP contribution in [0.4, 0.5) is 5.82 Å². The molecule has 1 aromatic rings. The molecule has 0 aliphatic heterocycles. The largest absolute Gasteiger partial charge is 0.383 e. The number of aryl methyl sites for hydroxylation is 1. The van der Waals surface area contributed by atoms with Gasteiger partial charge in [-0.25, -0.2) is 9.97 Å². The number of nitrogen functional groups attached to an aromatic ring is 1. The fourth-order valence-corrected chi connectivity index (χ4v) is 0.756. The fraction of sp³-hybridized carbons (Fsp3) is 0.500. The zero-order valence-electron chi connectivity index (χ0n) is 7.37. The Bertz CT molecular complexity index is 262. The van der Waals surface area contributed by atoms with E-state index in [0.29, 0.717) is 24.9 Å². The first-order valence-corrected chi connectivity index (χ1v) is 3.89. The van der Waals surface area contributed by atoms with Crippen molar-refractivity contribution < 1.29 is 4.74 Å². The number of anilines is 1. The van der Waals surface area contributed by atoms with Crippen molar-refractivity contribution in [3.8, 4) is 0 Å². The van der Waals surface area contributed by atoms with Crippen LogP contribution in [0, 0.1) is 6.92 Å². The number of nitrogens with two attached hydrogens (primary N) is 1. The third kappa shape index (κ3) is 2.17. The van der Waals surface area contributed by atoms with Gasteiger partial charge in [0, 0.05) is 18.4 Å². The Labute approximate surface area is 71.8 Å². The van der Waals surface area contributed by atoms with Crippen molar-refractivity contribution in [2.24, 2.45) is 0 Å². The summed E-state index contributed by atoms with van der Waals surface area (Å²) < 4.78 is 5.13. The third-order valence-corrected chi connectivity index (χ3v) is 1.50. The first-order chi connectivity index (χ1) is 5.74. The van der Waals surface area contributed by atoms with Crippen LogP contribution in [-0.2, 0) is 11.3 Å². The molecule has 1 aromatic heterocycles. The Morgan fingerprint density at radius 1 is 1.58 bits per heavy atom. The summed E-state index contributed by atoms with van der Waals surface area (Å²) in [5.41, 5.74) is 6.48. The number of nitrogens with zero attached hydrogens (tertiary/aromatic N) is 2. The van der Waals surface area contributed by atoms with Crippen molar-refractivity contribution in [1.29, 1.82) is 0 Å². The summed E-state index contributed by atoms with van der Waals surface area (Å²) in [6.07, 6.45) is 1.71. The predicted octanol–water partition coefficient (Wildman–Crippen LogP) is 0.904. The highest BCUT2D eigenvalue weighted by Gasteiger charge is 1.99. The summed E-state index contributed by atoms with van der Waals surface area (Å²) in [6.45, 7) is 4.90. The minimum absolute atomic E-state index is 0.432. The van der Waals surface area contributed by atoms with Gasteiger partial charge in [-0.1, -0.05) is 0 Å². The number of ether oxygens (including phenoxy) is 1. The van der Waals surface area contributed by atoms with E-state index in [4.69, 9.17) is 10.5 Å². The summed E-state index contributed by atoms with van der Waals surface area (Å²) in [7, 11) is 0. The van der Waals surface area contributed by atoms with Crippen molar-refractivity contribution in [2.45, 2.75) is 20.5 Å². The molecule has 0 aliphatic carbocycles. The van der Waals surface area contributed by atoms with Crippen molar-refractivity contribution in [3.63, 3.8) is 0 Å². The first-order valence-electron chi connectivity index (χ1n) is 3.89. The molecular formula is C8H13N3O. The van der Waals surface area contributed by atoms with E-state index >= 15 is 0 Å². The average molecular weight is 167 g/mol. The maximum atomic E-state index is 5.59. The van der Waals surface area contributed by atoms with Gasteiger partial charge in [-0.15, -0.1) is 0 Å². The van der Waals surface area contributed by atoms with Gasteiger partial charge in [-0.05, 0) is 13.8 Å². The highest BCUT2D eigenvalue weighted by atomic mass is 16.5. The number of aromatic nitrogens is 2. The Kier molecular flexibility index (Phi) is 2.99. The van der Waals surface area contributed by atoms with Gasteiger partial charge in [0.2, 0.25) is 0 Å². The molecule has 0 bridgehead atoms. The Morgan fingerprint density at radius 3 is 2.92 bits per heavy atom. The van der Waals surface area contributed by atoms with E-state index in [-0.39, 0.29) is 0 Å². The van der Waals surface area contributed by atoms with Crippen molar-refractivity contribution in [2.75, 3.05) is 12.3 Å². The van der Waals surface area contributed by atoms with E-state index in [0.717, 1.165) is 5.56 Å². The van der Waals surface area contributed by atoms with Crippen molar-refractivity contribution >= 4 is 5.82 Å². The molecule has 2 N–H and O–H groups in total. The lowest BCUT2D eigenvalue weighted by molar-refractivity contribution is 0.128. The number of hydrogen-bond acceptors (Lipinski definition) is 4. The van der Waals surface area contributed by atoms with Crippen LogP contribution in [0.3, 0.4) is 0 Å². The van der Waals surface area contributed by atoms with Crippen LogP contribution in [0.25, 0.3) is 0 Å². The molecule has 66 valence electrons. The Morgan fingerprint density at radius 2 is 2.33 bits per heavy atom. The minimum Gasteiger partial charge on any atom is -0.383 e. The lowest BCUT2D eigenvalue weighted by Crippen LogP contribution is -2.03. The molecule has 0 saturated carbocycles. The summed E-state index contributed by atoms with van der Waals surface area (Å²) in [5, 5.41) is 0. The van der Waals surface area contributed by atoms with E-state index in [2.05, 4.69) is 9.97 Å². The quantitative estimate of drug-likeness (QED) is 0.726. The van der Waals surface area contributed by atoms with Crippen LogP contribution in [0.2, 0.25) is 0 Å². The lowest BCUT2D eigenvalue weighted by Gasteiger charge is -2.02. The average Bonchev–Trinajstić information content (AvgIpc) is 2.07. The van der Waals surface area contributed by atoms with Crippen LogP contribution in [0.5, 0.6) is 0 Å². The molecule has 1 heterocycles. The van der Waals surface area contributed by atoms with Crippen molar-refractivity contribution in [1.82, 2.24) is 9.97 Å². The molecule has 0 saturated heterocycles. The predicted molar refractivity (Wildman–Crippen MR) is 46.5 cm³/mol. The second-order valence-corrected chi connectivity index (χ2v) is 2.49. The fourth-order valence-electron chi connectivity index (χ4n) is 0.756. The molecule has 0 aromatic carbocycles. The maximum absolute atomic E-state index is 5.59. The van der Waals surface area contributed by atoms with E-state index in [1.54, 1.807) is 6.20 Å². The van der Waals surface area contributed by atoms with E-state index < -0.39 is 0 Å². The molecule has 4 heteroatoms. The van der Waals surface area contributed by atoms with Crippen LogP contribution < -0.4 is 5.73 Å². The standard InChI is InChI=1S/C8H13N3O/c1-3-12-5-7-10-4-6(2)8(9)11-7/h4H,3,5H2,1-2H3,(H2,9,10,11). The number of rotatable bonds is 3. The van der Waals surface area contributed by atoms with Gasteiger partial charge < -0.3 is 10.5 Å². The molecule has 0 amide bonds. The Hall–Kier alpha value is -1.16. The van der Waals surface area contributed by atoms with E-state index in [1.807, 2.05) is 13.8 Å². The topological polar surface area (TPSA) is 61.0 Å². The molecule has 0 spiro atoms. The van der Waals surface area contributed by atoms with Gasteiger partial charge >= 0.3 is 0 Å². The second kappa shape index (κ2) is 4.01. The van der Waals surface area contributed by atoms with E-state index in [1.165, 1.54) is 0 Å². The van der Waals surface area contributed by atoms with E-state index in [9.17, 15) is 0 Å². The lowest BCUT2D eigenvalue weighted by atomic mass is 10.3. The van der Waals surface area contributed by atoms with Crippen LogP contribution in [-0.4, -0.2) is 16.6 Å². The molecule has 0 atom stereocenters. The van der Waals surface area contributed by atoms with Gasteiger partial charge in [0.1, 0.15) is 12.4 Å². The van der Waals surface area contributed by atoms with Gasteiger partial charge in [-0.3, -0.25) is 0 Å². The Balaban J connectivity index is 2.69. The molecule has 0 aliphatic rings. The summed E-state index contributed by atoms with van der Waals surface area (Å²) >= 11 is 0. The summed E-state index contributed by atoms with van der Waals surface area (Å²) in [4.78, 5) is 8.11. The first kappa shape index (κ1) is 8.93. The molecule has 12 heavy (non-hydrogen) atoms. The monoisotopic (exact) mass is 167 g/mol. The summed E-state index contributed by atoms with van der Waals surface area (Å²) in [5.74, 6) is 1.17. The van der Waals surface area contributed by atoms with Crippen molar-refractivity contribution in [3.05, 3.63) is 17.6 Å². The molecule has 0 radical (unpaired) electrons. The number of hydrogen-bond donors (Lipinski definition) is 1. The van der Waals surface area contributed by atoms with Crippen LogP contribution >= 0.6 is 0 Å². The maximum Gasteiger partial charge on any atom is 0.156 e. The smallest absolute Gasteiger partial charge is 0.156 e. The van der Waals surface area contributed by atoms with Gasteiger partial charge in [0.05, 0.1) is 0 Å². The highest BCUT2D eigenvalue weighted by molar-refractivity contribution is 5.35. The molecular weight excluding hydrogens is 154 g/mol. The second-order valence-electron chi connectivity index (χ2n) is 2.49. The van der Waals surface area contributed by atoms with Crippen LogP contribution in [0.15, 0.2) is 6.20 Å².